The highest BCUT2D eigenvalue weighted by Gasteiger charge is 2.45. The topological polar surface area (TPSA) is 105 Å². The Bertz CT molecular complexity index is 781. The van der Waals surface area contributed by atoms with Gasteiger partial charge in [0.1, 0.15) is 5.75 Å². The van der Waals surface area contributed by atoms with Gasteiger partial charge in [0.25, 0.3) is 0 Å². The Morgan fingerprint density at radius 2 is 2.06 bits per heavy atom. The molecule has 0 spiro atoms. The standard InChI is InChI=1S/C24H35NO6/c1-4-14(2)24(29)31-22(25-3)9-8-17-18-10-15-6-5-7-21(30-13-23(27)28)19(15)11-16(18)12-20(17)26/h5-7,14,16-18,20,22,25-26H,4,8-13H2,1-3H3,(H,27,28)/t14?,16?,17?,18?,20-,22?/m1/s1. The van der Waals surface area contributed by atoms with E-state index in [1.54, 1.807) is 7.05 Å². The van der Waals surface area contributed by atoms with Gasteiger partial charge in [-0.05, 0) is 80.5 Å². The third-order valence-electron chi connectivity index (χ3n) is 7.05. The minimum absolute atomic E-state index is 0.121. The molecule has 6 atom stereocenters. The number of rotatable bonds is 10. The fourth-order valence-electron chi connectivity index (χ4n) is 5.11. The zero-order valence-corrected chi connectivity index (χ0v) is 18.7. The second-order valence-electron chi connectivity index (χ2n) is 8.98. The number of fused-ring (bicyclic) bond motifs is 2. The molecule has 0 amide bonds. The first kappa shape index (κ1) is 23.5. The number of hydrogen-bond acceptors (Lipinski definition) is 6. The Hall–Kier alpha value is -2.12. The number of carboxylic acid groups (broad SMARTS) is 1. The summed E-state index contributed by atoms with van der Waals surface area (Å²) in [5.74, 6) is 0.203. The van der Waals surface area contributed by atoms with Crippen LogP contribution in [0.5, 0.6) is 5.75 Å². The van der Waals surface area contributed by atoms with E-state index in [1.807, 2.05) is 26.0 Å². The number of carboxylic acids is 1. The molecule has 3 N–H and O–H groups in total. The number of esters is 1. The third kappa shape index (κ3) is 5.57. The summed E-state index contributed by atoms with van der Waals surface area (Å²) < 4.78 is 11.1. The molecule has 31 heavy (non-hydrogen) atoms. The largest absolute Gasteiger partial charge is 0.482 e. The average Bonchev–Trinajstić information content (AvgIpc) is 3.06. The monoisotopic (exact) mass is 433 g/mol. The van der Waals surface area contributed by atoms with Crippen LogP contribution in [0.25, 0.3) is 0 Å². The molecule has 0 bridgehead atoms. The van der Waals surface area contributed by atoms with Crippen LogP contribution in [0.4, 0.5) is 0 Å². The highest BCUT2D eigenvalue weighted by atomic mass is 16.6. The third-order valence-corrected chi connectivity index (χ3v) is 7.05. The number of carbonyl (C=O) groups is 2. The van der Waals surface area contributed by atoms with Crippen molar-refractivity contribution in [3.8, 4) is 5.75 Å². The second-order valence-corrected chi connectivity index (χ2v) is 8.98. The summed E-state index contributed by atoms with van der Waals surface area (Å²) in [7, 11) is 1.79. The van der Waals surface area contributed by atoms with Gasteiger partial charge in [-0.1, -0.05) is 26.0 Å². The van der Waals surface area contributed by atoms with Gasteiger partial charge in [-0.15, -0.1) is 0 Å². The van der Waals surface area contributed by atoms with E-state index in [1.165, 1.54) is 5.56 Å². The van der Waals surface area contributed by atoms with Crippen LogP contribution in [-0.4, -0.2) is 48.1 Å². The Kier molecular flexibility index (Phi) is 7.94. The number of ether oxygens (including phenoxy) is 2. The van der Waals surface area contributed by atoms with Crippen LogP contribution in [0, 0.1) is 23.7 Å². The van der Waals surface area contributed by atoms with Crippen molar-refractivity contribution in [2.75, 3.05) is 13.7 Å². The summed E-state index contributed by atoms with van der Waals surface area (Å²) in [6.07, 6.45) is 3.85. The maximum absolute atomic E-state index is 12.1. The van der Waals surface area contributed by atoms with Gasteiger partial charge in [-0.2, -0.15) is 0 Å². The van der Waals surface area contributed by atoms with Crippen molar-refractivity contribution >= 4 is 11.9 Å². The first-order valence-electron chi connectivity index (χ1n) is 11.3. The van der Waals surface area contributed by atoms with Crippen LogP contribution >= 0.6 is 0 Å². The fraction of sp³-hybridized carbons (Fsp3) is 0.667. The van der Waals surface area contributed by atoms with Crippen LogP contribution in [0.15, 0.2) is 18.2 Å². The maximum Gasteiger partial charge on any atom is 0.341 e. The van der Waals surface area contributed by atoms with E-state index in [9.17, 15) is 14.7 Å². The Morgan fingerprint density at radius 3 is 2.74 bits per heavy atom. The van der Waals surface area contributed by atoms with Gasteiger partial charge in [-0.25, -0.2) is 4.79 Å². The van der Waals surface area contributed by atoms with Crippen molar-refractivity contribution in [3.63, 3.8) is 0 Å². The highest BCUT2D eigenvalue weighted by molar-refractivity contribution is 5.72. The molecule has 3 rings (SSSR count). The number of benzene rings is 1. The van der Waals surface area contributed by atoms with Gasteiger partial charge in [0.05, 0.1) is 12.0 Å². The molecular weight excluding hydrogens is 398 g/mol. The minimum Gasteiger partial charge on any atom is -0.482 e. The summed E-state index contributed by atoms with van der Waals surface area (Å²) in [6, 6.07) is 5.81. The van der Waals surface area contributed by atoms with Crippen molar-refractivity contribution in [2.45, 2.75) is 64.7 Å². The lowest BCUT2D eigenvalue weighted by Crippen LogP contribution is -2.35. The molecule has 0 saturated heterocycles. The fourth-order valence-corrected chi connectivity index (χ4v) is 5.11. The van der Waals surface area contributed by atoms with Gasteiger partial charge >= 0.3 is 11.9 Å². The Labute approximate surface area is 184 Å². The molecule has 0 aliphatic heterocycles. The van der Waals surface area contributed by atoms with Gasteiger partial charge < -0.3 is 19.7 Å². The van der Waals surface area contributed by atoms with Crippen molar-refractivity contribution in [1.29, 1.82) is 0 Å². The maximum atomic E-state index is 12.1. The number of hydrogen-bond donors (Lipinski definition) is 3. The summed E-state index contributed by atoms with van der Waals surface area (Å²) >= 11 is 0. The second kappa shape index (κ2) is 10.5. The van der Waals surface area contributed by atoms with E-state index in [-0.39, 0.29) is 36.7 Å². The highest BCUT2D eigenvalue weighted by Crippen LogP contribution is 2.48. The number of aliphatic hydroxyl groups excluding tert-OH is 1. The molecule has 7 heteroatoms. The molecule has 0 heterocycles. The molecule has 1 saturated carbocycles. The van der Waals surface area contributed by atoms with Gasteiger partial charge in [0.2, 0.25) is 0 Å². The van der Waals surface area contributed by atoms with Crippen molar-refractivity contribution in [2.24, 2.45) is 23.7 Å². The van der Waals surface area contributed by atoms with Crippen molar-refractivity contribution in [1.82, 2.24) is 5.32 Å². The molecule has 0 radical (unpaired) electrons. The van der Waals surface area contributed by atoms with Crippen molar-refractivity contribution < 1.29 is 29.3 Å². The Morgan fingerprint density at radius 1 is 1.29 bits per heavy atom. The zero-order valence-electron chi connectivity index (χ0n) is 18.7. The smallest absolute Gasteiger partial charge is 0.341 e. The molecule has 1 fully saturated rings. The first-order valence-corrected chi connectivity index (χ1v) is 11.3. The lowest BCUT2D eigenvalue weighted by Gasteiger charge is -2.32. The molecule has 0 aromatic heterocycles. The minimum atomic E-state index is -0.990. The number of nitrogens with one attached hydrogen (secondary N) is 1. The van der Waals surface area contributed by atoms with Crippen molar-refractivity contribution in [3.05, 3.63) is 29.3 Å². The summed E-state index contributed by atoms with van der Waals surface area (Å²) in [6.45, 7) is 3.49. The molecular formula is C24H35NO6. The molecule has 7 nitrogen and oxygen atoms in total. The van der Waals surface area contributed by atoms with Gasteiger partial charge in [0, 0.05) is 0 Å². The number of aliphatic carboxylic acids is 1. The molecule has 2 aliphatic carbocycles. The van der Waals surface area contributed by atoms with E-state index >= 15 is 0 Å². The van der Waals surface area contributed by atoms with E-state index in [4.69, 9.17) is 14.6 Å². The molecule has 2 aliphatic rings. The molecule has 1 aromatic carbocycles. The molecule has 1 aromatic rings. The predicted molar refractivity (Wildman–Crippen MR) is 116 cm³/mol. The van der Waals surface area contributed by atoms with Gasteiger partial charge in [-0.3, -0.25) is 10.1 Å². The van der Waals surface area contributed by atoms with Gasteiger partial charge in [0.15, 0.2) is 12.8 Å². The normalized spacial score (nSPS) is 26.5. The van der Waals surface area contributed by atoms with E-state index < -0.39 is 5.97 Å². The number of aliphatic hydroxyl groups is 1. The average molecular weight is 434 g/mol. The SMILES string of the molecule is CCC(C)C(=O)OC(CCC1C2Cc3cccc(OCC(=O)O)c3CC2C[C@H]1O)NC. The van der Waals surface area contributed by atoms with E-state index in [0.717, 1.165) is 37.7 Å². The van der Waals surface area contributed by atoms with E-state index in [2.05, 4.69) is 11.4 Å². The van der Waals surface area contributed by atoms with E-state index in [0.29, 0.717) is 24.0 Å². The predicted octanol–water partition coefficient (Wildman–Crippen LogP) is 2.78. The summed E-state index contributed by atoms with van der Waals surface area (Å²) in [4.78, 5) is 23.0. The van der Waals surface area contributed by atoms with Crippen LogP contribution < -0.4 is 10.1 Å². The molecule has 5 unspecified atom stereocenters. The van der Waals surface area contributed by atoms with Crippen LogP contribution in [-0.2, 0) is 27.2 Å². The summed E-state index contributed by atoms with van der Waals surface area (Å²) in [5.41, 5.74) is 2.25. The lowest BCUT2D eigenvalue weighted by atomic mass is 9.73. The quantitative estimate of drug-likeness (QED) is 0.385. The lowest BCUT2D eigenvalue weighted by molar-refractivity contribution is -0.155. The first-order chi connectivity index (χ1) is 14.8. The molecule has 172 valence electrons. The van der Waals surface area contributed by atoms with Crippen LogP contribution in [0.2, 0.25) is 0 Å². The van der Waals surface area contributed by atoms with Crippen LogP contribution in [0.3, 0.4) is 0 Å². The Balaban J connectivity index is 1.65. The number of carbonyl (C=O) groups excluding carboxylic acids is 1. The zero-order chi connectivity index (χ0) is 22.5. The summed E-state index contributed by atoms with van der Waals surface area (Å²) in [5, 5.41) is 22.8. The van der Waals surface area contributed by atoms with Crippen LogP contribution in [0.1, 0.15) is 50.7 Å².